The van der Waals surface area contributed by atoms with Gasteiger partial charge in [0, 0.05) is 18.0 Å². The molecular formula is C30H35NO9. The number of hydrogen-bond donors (Lipinski definition) is 4. The maximum Gasteiger partial charge on any atom is 0.410 e. The highest BCUT2D eigenvalue weighted by Gasteiger charge is 2.55. The van der Waals surface area contributed by atoms with Gasteiger partial charge in [-0.1, -0.05) is 49.2 Å². The molecule has 4 N–H and O–H groups in total. The van der Waals surface area contributed by atoms with Crippen LogP contribution in [-0.4, -0.2) is 80.7 Å². The molecular weight excluding hydrogens is 518 g/mol. The Hall–Kier alpha value is -3.18. The van der Waals surface area contributed by atoms with Crippen molar-refractivity contribution in [3.8, 4) is 5.75 Å². The van der Waals surface area contributed by atoms with Gasteiger partial charge in [0.1, 0.15) is 30.7 Å². The van der Waals surface area contributed by atoms with E-state index >= 15 is 0 Å². The first-order chi connectivity index (χ1) is 20.5. The van der Waals surface area contributed by atoms with Gasteiger partial charge in [0.25, 0.3) is 0 Å². The van der Waals surface area contributed by atoms with Gasteiger partial charge >= 0.3 is 12.1 Å². The summed E-state index contributed by atoms with van der Waals surface area (Å²) in [6.07, 6.45) is -5.67. The molecule has 8 atom stereocenters. The number of amides is 1. The van der Waals surface area contributed by atoms with Crippen LogP contribution < -0.4 is 4.74 Å². The lowest BCUT2D eigenvalue weighted by Gasteiger charge is -2.58. The van der Waals surface area contributed by atoms with E-state index in [1.165, 1.54) is 0 Å². The second kappa shape index (κ2) is 10.7. The van der Waals surface area contributed by atoms with E-state index in [2.05, 4.69) is 0 Å². The molecule has 40 heavy (non-hydrogen) atoms. The third kappa shape index (κ3) is 4.62. The number of aliphatic carboxylic acids is 1. The third-order valence-corrected chi connectivity index (χ3v) is 9.03. The van der Waals surface area contributed by atoms with Crippen LogP contribution in [0.1, 0.15) is 52.9 Å². The molecule has 4 aliphatic rings. The Kier molecular flexibility index (Phi) is 6.27. The fourth-order valence-corrected chi connectivity index (χ4v) is 7.08. The summed E-state index contributed by atoms with van der Waals surface area (Å²) in [5.41, 5.74) is 1.41. The zero-order valence-corrected chi connectivity index (χ0v) is 21.9. The van der Waals surface area contributed by atoms with Crippen molar-refractivity contribution >= 4 is 12.1 Å². The number of fused-ring (bicyclic) bond motifs is 1. The third-order valence-electron chi connectivity index (χ3n) is 9.03. The van der Waals surface area contributed by atoms with Gasteiger partial charge in [-0.15, -0.1) is 0 Å². The van der Waals surface area contributed by atoms with Crippen LogP contribution in [0.5, 0.6) is 5.75 Å². The fourth-order valence-electron chi connectivity index (χ4n) is 7.08. The van der Waals surface area contributed by atoms with Gasteiger partial charge in [0.2, 0.25) is 6.29 Å². The minimum absolute atomic E-state index is 0.00964. The number of ether oxygens (including phenoxy) is 3. The number of aliphatic hydroxyl groups excluding tert-OH is 3. The molecule has 2 aliphatic carbocycles. The maximum absolute atomic E-state index is 13.3. The summed E-state index contributed by atoms with van der Waals surface area (Å²) in [6.45, 7) is 0.533. The lowest BCUT2D eigenvalue weighted by Crippen LogP contribution is -2.62. The Bertz CT molecular complexity index is 1410. The standard InChI is InChI=1S/C30H35NO9/c32-23-24(33)26(27(35)36)40-28(25(23)34)39-19-10-9-18-14-22-20-8-4-5-11-30(20,21(18)15-19)12-13-31(22)29(37)38-16-17-6-2-1-3-7-17/h1-3,6-7,9-10,15,20,22-26,28,32-34H,4-5,8,11-14,16H2,(H,35,36)/i9D,10D,15D. The smallest absolute Gasteiger partial charge is 0.410 e. The van der Waals surface area contributed by atoms with E-state index in [1.807, 2.05) is 30.3 Å². The van der Waals surface area contributed by atoms with E-state index in [0.717, 1.165) is 31.2 Å². The Morgan fingerprint density at radius 1 is 1.07 bits per heavy atom. The lowest BCUT2D eigenvalue weighted by atomic mass is 9.52. The molecule has 0 spiro atoms. The topological polar surface area (TPSA) is 146 Å². The van der Waals surface area contributed by atoms with Crippen molar-refractivity contribution in [3.05, 3.63) is 65.1 Å². The molecule has 10 nitrogen and oxygen atoms in total. The number of hydrogen-bond acceptors (Lipinski definition) is 8. The zero-order valence-electron chi connectivity index (χ0n) is 24.9. The van der Waals surface area contributed by atoms with Crippen molar-refractivity contribution in [2.24, 2.45) is 5.92 Å². The molecule has 2 heterocycles. The molecule has 214 valence electrons. The van der Waals surface area contributed by atoms with Gasteiger partial charge in [0.15, 0.2) is 6.10 Å². The molecule has 2 aliphatic heterocycles. The number of aliphatic hydroxyl groups is 3. The lowest BCUT2D eigenvalue weighted by molar-refractivity contribution is -0.271. The summed E-state index contributed by atoms with van der Waals surface area (Å²) in [5.74, 6) is -1.95. The van der Waals surface area contributed by atoms with Crippen LogP contribution in [0.3, 0.4) is 0 Å². The first-order valence-corrected chi connectivity index (χ1v) is 13.7. The highest BCUT2D eigenvalue weighted by Crippen LogP contribution is 2.56. The van der Waals surface area contributed by atoms with Crippen LogP contribution >= 0.6 is 0 Å². The van der Waals surface area contributed by atoms with Gasteiger partial charge in [-0.25, -0.2) is 9.59 Å². The maximum atomic E-state index is 13.3. The molecule has 2 aromatic rings. The number of carbonyl (C=O) groups excluding carboxylic acids is 1. The molecule has 1 saturated carbocycles. The molecule has 2 aromatic carbocycles. The SMILES string of the molecule is [2H]c1c([2H])c(OC2OC(C(=O)O)C(O)C(O)C2O)c([2H])c2c1CC1C3CCCCC23CCN1C(=O)OCc1ccccc1. The van der Waals surface area contributed by atoms with Crippen molar-refractivity contribution in [1.82, 2.24) is 4.90 Å². The van der Waals surface area contributed by atoms with Gasteiger partial charge in [-0.05, 0) is 60.4 Å². The van der Waals surface area contributed by atoms with Crippen molar-refractivity contribution in [2.45, 2.75) is 87.3 Å². The van der Waals surface area contributed by atoms with E-state index in [0.29, 0.717) is 24.1 Å². The molecule has 6 rings (SSSR count). The van der Waals surface area contributed by atoms with Crippen LogP contribution in [0.4, 0.5) is 4.79 Å². The average molecular weight is 557 g/mol. The highest BCUT2D eigenvalue weighted by atomic mass is 16.7. The molecule has 8 unspecified atom stereocenters. The van der Waals surface area contributed by atoms with Crippen molar-refractivity contribution in [1.29, 1.82) is 0 Å². The summed E-state index contributed by atoms with van der Waals surface area (Å²) in [4.78, 5) is 26.7. The Morgan fingerprint density at radius 3 is 2.65 bits per heavy atom. The number of carboxylic acid groups (broad SMARTS) is 1. The molecule has 2 saturated heterocycles. The second-order valence-corrected chi connectivity index (χ2v) is 11.2. The van der Waals surface area contributed by atoms with Gasteiger partial charge in [-0.2, -0.15) is 0 Å². The quantitative estimate of drug-likeness (QED) is 0.436. The second-order valence-electron chi connectivity index (χ2n) is 11.2. The van der Waals surface area contributed by atoms with Gasteiger partial charge in [0.05, 0.1) is 4.11 Å². The summed E-state index contributed by atoms with van der Waals surface area (Å²) in [6, 6.07) is 8.35. The summed E-state index contributed by atoms with van der Waals surface area (Å²) in [5, 5.41) is 40.2. The van der Waals surface area contributed by atoms with E-state index in [4.69, 9.17) is 17.0 Å². The van der Waals surface area contributed by atoms with Crippen molar-refractivity contribution in [3.63, 3.8) is 0 Å². The molecule has 10 heteroatoms. The number of benzene rings is 2. The van der Waals surface area contributed by atoms with E-state index in [9.17, 15) is 31.4 Å². The van der Waals surface area contributed by atoms with Crippen LogP contribution in [0.2, 0.25) is 0 Å². The number of carboxylic acids is 1. The largest absolute Gasteiger partial charge is 0.479 e. The molecule has 0 radical (unpaired) electrons. The number of piperidine rings is 1. The highest BCUT2D eigenvalue weighted by molar-refractivity contribution is 5.73. The van der Waals surface area contributed by atoms with Crippen molar-refractivity contribution < 1.29 is 48.3 Å². The monoisotopic (exact) mass is 556 g/mol. The predicted molar refractivity (Wildman–Crippen MR) is 140 cm³/mol. The number of carbonyl (C=O) groups is 2. The van der Waals surface area contributed by atoms with E-state index in [-0.39, 0.29) is 42.8 Å². The summed E-state index contributed by atoms with van der Waals surface area (Å²) >= 11 is 0. The average Bonchev–Trinajstić information content (AvgIpc) is 3.00. The fraction of sp³-hybridized carbons (Fsp3) is 0.533. The Labute approximate surface area is 236 Å². The van der Waals surface area contributed by atoms with Gasteiger partial charge < -0.3 is 39.5 Å². The number of rotatable bonds is 5. The minimum atomic E-state index is -1.92. The first kappa shape index (κ1) is 23.5. The van der Waals surface area contributed by atoms with Crippen LogP contribution in [0.25, 0.3) is 0 Å². The molecule has 0 aromatic heterocycles. The number of nitrogens with zero attached hydrogens (tertiary/aromatic N) is 1. The Morgan fingerprint density at radius 2 is 1.88 bits per heavy atom. The summed E-state index contributed by atoms with van der Waals surface area (Å²) < 4.78 is 43.5. The molecule has 1 amide bonds. The van der Waals surface area contributed by atoms with E-state index in [1.54, 1.807) is 4.90 Å². The van der Waals surface area contributed by atoms with Gasteiger partial charge in [-0.3, -0.25) is 0 Å². The molecule has 2 bridgehead atoms. The zero-order chi connectivity index (χ0) is 30.6. The van der Waals surface area contributed by atoms with Crippen LogP contribution in [0.15, 0.2) is 48.5 Å². The van der Waals surface area contributed by atoms with E-state index < -0.39 is 54.2 Å². The van der Waals surface area contributed by atoms with Crippen LogP contribution in [0, 0.1) is 5.92 Å². The van der Waals surface area contributed by atoms with Crippen molar-refractivity contribution in [2.75, 3.05) is 6.54 Å². The molecule has 3 fully saturated rings. The first-order valence-electron chi connectivity index (χ1n) is 15.2. The van der Waals surface area contributed by atoms with Crippen LogP contribution in [-0.2, 0) is 32.7 Å². The normalized spacial score (nSPS) is 35.8. The Balaban J connectivity index is 1.34. The predicted octanol–water partition coefficient (Wildman–Crippen LogP) is 2.35. The minimum Gasteiger partial charge on any atom is -0.479 e. The number of likely N-dealkylation sites (tertiary alicyclic amines) is 1. The summed E-state index contributed by atoms with van der Waals surface area (Å²) in [7, 11) is 0.